The lowest BCUT2D eigenvalue weighted by molar-refractivity contribution is 0.210. The van der Waals surface area contributed by atoms with Gasteiger partial charge in [-0.2, -0.15) is 0 Å². The summed E-state index contributed by atoms with van der Waals surface area (Å²) in [5, 5.41) is 6.73. The van der Waals surface area contributed by atoms with Crippen LogP contribution in [0.5, 0.6) is 0 Å². The van der Waals surface area contributed by atoms with Crippen molar-refractivity contribution in [1.82, 2.24) is 10.3 Å². The highest BCUT2D eigenvalue weighted by Crippen LogP contribution is 2.12. The summed E-state index contributed by atoms with van der Waals surface area (Å²) in [4.78, 5) is 4.34. The van der Waals surface area contributed by atoms with E-state index in [2.05, 4.69) is 42.5 Å². The van der Waals surface area contributed by atoms with Crippen molar-refractivity contribution in [3.63, 3.8) is 0 Å². The standard InChI is InChI=1S/C13H23N3O/c1-13(2,3)16-10-11-6-5-7-14-12(11)15-8-9-17-4/h5-7,16H,8-10H2,1-4H3,(H,14,15). The summed E-state index contributed by atoms with van der Waals surface area (Å²) >= 11 is 0. The Bertz CT molecular complexity index is 334. The molecule has 0 fully saturated rings. The number of methoxy groups -OCH3 is 1. The van der Waals surface area contributed by atoms with Crippen LogP contribution in [-0.2, 0) is 11.3 Å². The Labute approximate surface area is 104 Å². The molecule has 1 aromatic rings. The molecule has 1 aromatic heterocycles. The van der Waals surface area contributed by atoms with E-state index in [0.29, 0.717) is 6.61 Å². The Morgan fingerprint density at radius 3 is 2.76 bits per heavy atom. The number of anilines is 1. The van der Waals surface area contributed by atoms with Crippen molar-refractivity contribution < 1.29 is 4.74 Å². The van der Waals surface area contributed by atoms with Crippen LogP contribution in [0.15, 0.2) is 18.3 Å². The molecule has 0 amide bonds. The maximum atomic E-state index is 5.01. The third-order valence-corrected chi connectivity index (χ3v) is 2.30. The zero-order valence-corrected chi connectivity index (χ0v) is 11.2. The van der Waals surface area contributed by atoms with Gasteiger partial charge in [0.05, 0.1) is 6.61 Å². The lowest BCUT2D eigenvalue weighted by atomic mass is 10.1. The van der Waals surface area contributed by atoms with Crippen molar-refractivity contribution in [2.24, 2.45) is 0 Å². The Kier molecular flexibility index (Phi) is 5.38. The average Bonchev–Trinajstić information content (AvgIpc) is 2.27. The van der Waals surface area contributed by atoms with Crippen LogP contribution in [0.4, 0.5) is 5.82 Å². The molecule has 0 aliphatic carbocycles. The highest BCUT2D eigenvalue weighted by Gasteiger charge is 2.10. The molecule has 0 radical (unpaired) electrons. The van der Waals surface area contributed by atoms with Gasteiger partial charge in [-0.1, -0.05) is 6.07 Å². The van der Waals surface area contributed by atoms with E-state index in [-0.39, 0.29) is 5.54 Å². The maximum absolute atomic E-state index is 5.01. The van der Waals surface area contributed by atoms with Gasteiger partial charge in [-0.05, 0) is 26.8 Å². The number of rotatable bonds is 6. The lowest BCUT2D eigenvalue weighted by Gasteiger charge is -2.21. The number of hydrogen-bond donors (Lipinski definition) is 2. The summed E-state index contributed by atoms with van der Waals surface area (Å²) in [6, 6.07) is 4.04. The number of nitrogens with zero attached hydrogens (tertiary/aromatic N) is 1. The number of pyridine rings is 1. The SMILES string of the molecule is COCCNc1ncccc1CNC(C)(C)C. The normalized spacial score (nSPS) is 11.5. The molecule has 0 aliphatic heterocycles. The molecule has 4 nitrogen and oxygen atoms in total. The number of nitrogens with one attached hydrogen (secondary N) is 2. The fraction of sp³-hybridized carbons (Fsp3) is 0.615. The Hall–Kier alpha value is -1.13. The minimum atomic E-state index is 0.111. The second-order valence-corrected chi connectivity index (χ2v) is 5.03. The Balaban J connectivity index is 2.58. The van der Waals surface area contributed by atoms with Crippen LogP contribution in [0.3, 0.4) is 0 Å². The van der Waals surface area contributed by atoms with Gasteiger partial charge in [-0.3, -0.25) is 0 Å². The number of hydrogen-bond acceptors (Lipinski definition) is 4. The topological polar surface area (TPSA) is 46.2 Å². The minimum Gasteiger partial charge on any atom is -0.383 e. The van der Waals surface area contributed by atoms with E-state index >= 15 is 0 Å². The van der Waals surface area contributed by atoms with E-state index < -0.39 is 0 Å². The Morgan fingerprint density at radius 2 is 2.12 bits per heavy atom. The van der Waals surface area contributed by atoms with Crippen LogP contribution in [0, 0.1) is 0 Å². The summed E-state index contributed by atoms with van der Waals surface area (Å²) in [5.41, 5.74) is 1.29. The Morgan fingerprint density at radius 1 is 1.35 bits per heavy atom. The summed E-state index contributed by atoms with van der Waals surface area (Å²) in [7, 11) is 1.70. The molecule has 0 spiro atoms. The molecule has 4 heteroatoms. The van der Waals surface area contributed by atoms with Crippen LogP contribution in [0.2, 0.25) is 0 Å². The van der Waals surface area contributed by atoms with E-state index in [9.17, 15) is 0 Å². The van der Waals surface area contributed by atoms with Crippen molar-refractivity contribution >= 4 is 5.82 Å². The van der Waals surface area contributed by atoms with Crippen LogP contribution in [-0.4, -0.2) is 30.8 Å². The van der Waals surface area contributed by atoms with Gasteiger partial charge < -0.3 is 15.4 Å². The van der Waals surface area contributed by atoms with Crippen molar-refractivity contribution in [2.45, 2.75) is 32.9 Å². The predicted molar refractivity (Wildman–Crippen MR) is 71.2 cm³/mol. The molecule has 96 valence electrons. The fourth-order valence-corrected chi connectivity index (χ4v) is 1.37. The smallest absolute Gasteiger partial charge is 0.130 e. The van der Waals surface area contributed by atoms with Crippen LogP contribution < -0.4 is 10.6 Å². The van der Waals surface area contributed by atoms with Gasteiger partial charge >= 0.3 is 0 Å². The molecule has 1 rings (SSSR count). The molecule has 0 atom stereocenters. The first-order valence-electron chi connectivity index (χ1n) is 5.94. The summed E-state index contributed by atoms with van der Waals surface area (Å²) in [6.45, 7) is 8.73. The van der Waals surface area contributed by atoms with Gasteiger partial charge in [-0.15, -0.1) is 0 Å². The molecule has 0 bridgehead atoms. The zero-order valence-electron chi connectivity index (χ0n) is 11.2. The van der Waals surface area contributed by atoms with E-state index in [1.807, 2.05) is 6.07 Å². The van der Waals surface area contributed by atoms with Crippen molar-refractivity contribution in [1.29, 1.82) is 0 Å². The maximum Gasteiger partial charge on any atom is 0.130 e. The molecule has 2 N–H and O–H groups in total. The van der Waals surface area contributed by atoms with E-state index in [1.54, 1.807) is 13.3 Å². The fourth-order valence-electron chi connectivity index (χ4n) is 1.37. The van der Waals surface area contributed by atoms with Gasteiger partial charge in [0.15, 0.2) is 0 Å². The first-order chi connectivity index (χ1) is 8.03. The molecule has 0 unspecified atom stereocenters. The minimum absolute atomic E-state index is 0.111. The van der Waals surface area contributed by atoms with Crippen molar-refractivity contribution in [2.75, 3.05) is 25.6 Å². The molecular weight excluding hydrogens is 214 g/mol. The van der Waals surface area contributed by atoms with Gasteiger partial charge in [0.1, 0.15) is 5.82 Å². The molecule has 1 heterocycles. The predicted octanol–water partition coefficient (Wildman–Crippen LogP) is 2.03. The lowest BCUT2D eigenvalue weighted by Crippen LogP contribution is -2.35. The molecule has 0 saturated carbocycles. The highest BCUT2D eigenvalue weighted by molar-refractivity contribution is 5.43. The first kappa shape index (κ1) is 13.9. The van der Waals surface area contributed by atoms with E-state index in [1.165, 1.54) is 5.56 Å². The van der Waals surface area contributed by atoms with Crippen molar-refractivity contribution in [3.05, 3.63) is 23.9 Å². The van der Waals surface area contributed by atoms with Gasteiger partial charge in [-0.25, -0.2) is 4.98 Å². The average molecular weight is 237 g/mol. The molecule has 17 heavy (non-hydrogen) atoms. The van der Waals surface area contributed by atoms with Gasteiger partial charge in [0.2, 0.25) is 0 Å². The van der Waals surface area contributed by atoms with Crippen LogP contribution in [0.1, 0.15) is 26.3 Å². The summed E-state index contributed by atoms with van der Waals surface area (Å²) < 4.78 is 5.01. The molecule has 0 aliphatic rings. The molecule has 0 aromatic carbocycles. The van der Waals surface area contributed by atoms with Crippen LogP contribution >= 0.6 is 0 Å². The number of ether oxygens (including phenoxy) is 1. The monoisotopic (exact) mass is 237 g/mol. The summed E-state index contributed by atoms with van der Waals surface area (Å²) in [5.74, 6) is 0.932. The van der Waals surface area contributed by atoms with Crippen LogP contribution in [0.25, 0.3) is 0 Å². The number of aromatic nitrogens is 1. The van der Waals surface area contributed by atoms with Gasteiger partial charge in [0, 0.05) is 37.5 Å². The van der Waals surface area contributed by atoms with E-state index in [0.717, 1.165) is 18.9 Å². The van der Waals surface area contributed by atoms with E-state index in [4.69, 9.17) is 4.74 Å². The third kappa shape index (κ3) is 5.65. The first-order valence-corrected chi connectivity index (χ1v) is 5.94. The summed E-state index contributed by atoms with van der Waals surface area (Å²) in [6.07, 6.45) is 1.80. The van der Waals surface area contributed by atoms with Crippen molar-refractivity contribution in [3.8, 4) is 0 Å². The second kappa shape index (κ2) is 6.57. The van der Waals surface area contributed by atoms with Gasteiger partial charge in [0.25, 0.3) is 0 Å². The largest absolute Gasteiger partial charge is 0.383 e. The molecule has 0 saturated heterocycles. The zero-order chi connectivity index (χ0) is 12.7. The quantitative estimate of drug-likeness (QED) is 0.743. The third-order valence-electron chi connectivity index (χ3n) is 2.30. The highest BCUT2D eigenvalue weighted by atomic mass is 16.5. The second-order valence-electron chi connectivity index (χ2n) is 5.03. The molecular formula is C13H23N3O.